The lowest BCUT2D eigenvalue weighted by Crippen LogP contribution is -2.28. The number of anilines is 2. The van der Waals surface area contributed by atoms with Gasteiger partial charge < -0.3 is 15.2 Å². The number of rotatable bonds is 6. The Kier molecular flexibility index (Phi) is 4.59. The van der Waals surface area contributed by atoms with Gasteiger partial charge in [0.1, 0.15) is 5.41 Å². The number of aromatic nitrogens is 1. The van der Waals surface area contributed by atoms with Gasteiger partial charge in [-0.25, -0.2) is 4.98 Å². The molecule has 1 aromatic heterocycles. The normalized spacial score (nSPS) is 11.4. The number of methoxy groups -OCH3 is 1. The Morgan fingerprint density at radius 3 is 2.81 bits per heavy atom. The van der Waals surface area contributed by atoms with Crippen LogP contribution < -0.4 is 5.32 Å². The van der Waals surface area contributed by atoms with E-state index in [0.717, 1.165) is 11.3 Å². The van der Waals surface area contributed by atoms with E-state index in [1.54, 1.807) is 26.3 Å². The van der Waals surface area contributed by atoms with Gasteiger partial charge in [-0.3, -0.25) is 4.79 Å². The van der Waals surface area contributed by atoms with Crippen LogP contribution in [0.25, 0.3) is 0 Å². The quantitative estimate of drug-likeness (QED) is 0.856. The fourth-order valence-corrected chi connectivity index (χ4v) is 2.66. The Morgan fingerprint density at radius 2 is 2.14 bits per heavy atom. The van der Waals surface area contributed by atoms with E-state index in [4.69, 9.17) is 4.74 Å². The lowest BCUT2D eigenvalue weighted by molar-refractivity contribution is -0.142. The lowest BCUT2D eigenvalue weighted by atomic mass is 9.90. The molecule has 1 heterocycles. The highest BCUT2D eigenvalue weighted by molar-refractivity contribution is 7.13. The minimum Gasteiger partial charge on any atom is -0.481 e. The Morgan fingerprint density at radius 1 is 1.43 bits per heavy atom. The molecule has 0 saturated carbocycles. The minimum atomic E-state index is -0.998. The van der Waals surface area contributed by atoms with Crippen molar-refractivity contribution >= 4 is 28.1 Å². The summed E-state index contributed by atoms with van der Waals surface area (Å²) >= 11 is 1.39. The van der Waals surface area contributed by atoms with Gasteiger partial charge in [0.15, 0.2) is 5.13 Å². The van der Waals surface area contributed by atoms with E-state index >= 15 is 0 Å². The minimum absolute atomic E-state index is 0.502. The summed E-state index contributed by atoms with van der Waals surface area (Å²) in [6, 6.07) is 7.79. The number of ether oxygens (including phenoxy) is 1. The van der Waals surface area contributed by atoms with Gasteiger partial charge in [-0.2, -0.15) is 0 Å². The number of para-hydroxylation sites is 1. The van der Waals surface area contributed by atoms with Gasteiger partial charge in [0, 0.05) is 23.7 Å². The van der Waals surface area contributed by atoms with E-state index in [1.807, 2.05) is 24.3 Å². The molecular formula is C15H18N2O3S. The number of hydrogen-bond donors (Lipinski definition) is 2. The second-order valence-corrected chi connectivity index (χ2v) is 6.04. The molecule has 0 radical (unpaired) electrons. The zero-order valence-corrected chi connectivity index (χ0v) is 13.0. The van der Waals surface area contributed by atoms with Crippen LogP contribution in [0.15, 0.2) is 29.6 Å². The molecule has 21 heavy (non-hydrogen) atoms. The molecule has 0 saturated heterocycles. The average molecular weight is 306 g/mol. The van der Waals surface area contributed by atoms with Crippen LogP contribution in [0.2, 0.25) is 0 Å². The maximum absolute atomic E-state index is 11.3. The molecule has 0 spiro atoms. The van der Waals surface area contributed by atoms with E-state index in [1.165, 1.54) is 11.3 Å². The first-order valence-electron chi connectivity index (χ1n) is 6.48. The number of hydrogen-bond acceptors (Lipinski definition) is 5. The Balaban J connectivity index is 2.22. The van der Waals surface area contributed by atoms with Crippen LogP contribution in [0.4, 0.5) is 10.8 Å². The van der Waals surface area contributed by atoms with Gasteiger partial charge in [0.25, 0.3) is 0 Å². The van der Waals surface area contributed by atoms with Gasteiger partial charge in [-0.1, -0.05) is 18.2 Å². The number of carbonyl (C=O) groups is 1. The Labute approximate surface area is 127 Å². The van der Waals surface area contributed by atoms with E-state index in [2.05, 4.69) is 10.3 Å². The first-order chi connectivity index (χ1) is 9.95. The molecule has 0 atom stereocenters. The van der Waals surface area contributed by atoms with Crippen molar-refractivity contribution in [1.29, 1.82) is 0 Å². The third kappa shape index (κ3) is 3.40. The maximum Gasteiger partial charge on any atom is 0.315 e. The number of nitrogens with zero attached hydrogens (tertiary/aromatic N) is 1. The number of benzene rings is 1. The summed E-state index contributed by atoms with van der Waals surface area (Å²) in [6.45, 7) is 3.79. The summed E-state index contributed by atoms with van der Waals surface area (Å²) in [5.41, 5.74) is 1.48. The molecule has 0 fully saturated rings. The molecule has 0 bridgehead atoms. The average Bonchev–Trinajstić information content (AvgIpc) is 2.90. The second-order valence-electron chi connectivity index (χ2n) is 5.18. The van der Waals surface area contributed by atoms with Gasteiger partial charge in [0.05, 0.1) is 12.3 Å². The van der Waals surface area contributed by atoms with E-state index < -0.39 is 11.4 Å². The summed E-state index contributed by atoms with van der Waals surface area (Å²) in [6.07, 6.45) is 0. The molecule has 0 unspecified atom stereocenters. The standard InChI is InChI=1S/C15H18N2O3S/c1-15(2,13(18)19)12-9-21-14(17-12)16-11-7-5-4-6-10(11)8-20-3/h4-7,9H,8H2,1-3H3,(H,16,17)(H,18,19). The predicted molar refractivity (Wildman–Crippen MR) is 83.2 cm³/mol. The molecule has 0 aliphatic rings. The smallest absolute Gasteiger partial charge is 0.315 e. The molecule has 0 aliphatic heterocycles. The second kappa shape index (κ2) is 6.24. The van der Waals surface area contributed by atoms with Crippen molar-refractivity contribution in [2.24, 2.45) is 0 Å². The van der Waals surface area contributed by atoms with Crippen LogP contribution >= 0.6 is 11.3 Å². The zero-order valence-electron chi connectivity index (χ0n) is 12.2. The van der Waals surface area contributed by atoms with Gasteiger partial charge >= 0.3 is 5.97 Å². The van der Waals surface area contributed by atoms with E-state index in [9.17, 15) is 9.90 Å². The van der Waals surface area contributed by atoms with Gasteiger partial charge in [-0.15, -0.1) is 11.3 Å². The summed E-state index contributed by atoms with van der Waals surface area (Å²) in [4.78, 5) is 15.6. The SMILES string of the molecule is COCc1ccccc1Nc1nc(C(C)(C)C(=O)O)cs1. The maximum atomic E-state index is 11.3. The summed E-state index contributed by atoms with van der Waals surface area (Å²) in [7, 11) is 1.65. The van der Waals surface area contributed by atoms with Crippen LogP contribution in [0.3, 0.4) is 0 Å². The predicted octanol–water partition coefficient (Wildman–Crippen LogP) is 3.40. The number of aliphatic carboxylic acids is 1. The number of carboxylic acid groups (broad SMARTS) is 1. The van der Waals surface area contributed by atoms with Crippen LogP contribution in [0, 0.1) is 0 Å². The van der Waals surface area contributed by atoms with Crippen molar-refractivity contribution in [3.05, 3.63) is 40.9 Å². The zero-order chi connectivity index (χ0) is 15.5. The molecule has 1 aromatic carbocycles. The Hall–Kier alpha value is -1.92. The third-order valence-electron chi connectivity index (χ3n) is 3.24. The molecule has 2 N–H and O–H groups in total. The summed E-state index contributed by atoms with van der Waals surface area (Å²) < 4.78 is 5.16. The van der Waals surface area contributed by atoms with E-state index in [0.29, 0.717) is 17.4 Å². The number of carboxylic acids is 1. The lowest BCUT2D eigenvalue weighted by Gasteiger charge is -2.15. The molecule has 2 aromatic rings. The molecule has 6 heteroatoms. The third-order valence-corrected chi connectivity index (χ3v) is 4.00. The largest absolute Gasteiger partial charge is 0.481 e. The molecule has 0 aliphatic carbocycles. The highest BCUT2D eigenvalue weighted by atomic mass is 32.1. The molecule has 2 rings (SSSR count). The van der Waals surface area contributed by atoms with Crippen LogP contribution in [0.5, 0.6) is 0 Å². The van der Waals surface area contributed by atoms with Crippen molar-refractivity contribution in [2.75, 3.05) is 12.4 Å². The van der Waals surface area contributed by atoms with Crippen LogP contribution in [-0.4, -0.2) is 23.2 Å². The molecule has 0 amide bonds. The molecule has 112 valence electrons. The fraction of sp³-hybridized carbons (Fsp3) is 0.333. The fourth-order valence-electron chi connectivity index (χ4n) is 1.77. The number of nitrogens with one attached hydrogen (secondary N) is 1. The van der Waals surface area contributed by atoms with E-state index in [-0.39, 0.29) is 0 Å². The number of thiazole rings is 1. The van der Waals surface area contributed by atoms with Gasteiger partial charge in [-0.05, 0) is 19.9 Å². The van der Waals surface area contributed by atoms with Gasteiger partial charge in [0.2, 0.25) is 0 Å². The van der Waals surface area contributed by atoms with Crippen molar-refractivity contribution in [3.63, 3.8) is 0 Å². The van der Waals surface area contributed by atoms with Crippen molar-refractivity contribution in [3.8, 4) is 0 Å². The molecule has 5 nitrogen and oxygen atoms in total. The summed E-state index contributed by atoms with van der Waals surface area (Å²) in [5.74, 6) is -0.890. The Bertz CT molecular complexity index is 637. The first-order valence-corrected chi connectivity index (χ1v) is 7.36. The highest BCUT2D eigenvalue weighted by Crippen LogP contribution is 2.30. The van der Waals surface area contributed by atoms with Crippen LogP contribution in [-0.2, 0) is 21.6 Å². The monoisotopic (exact) mass is 306 g/mol. The highest BCUT2D eigenvalue weighted by Gasteiger charge is 2.32. The van der Waals surface area contributed by atoms with Crippen molar-refractivity contribution in [1.82, 2.24) is 4.98 Å². The van der Waals surface area contributed by atoms with Crippen molar-refractivity contribution in [2.45, 2.75) is 25.9 Å². The first kappa shape index (κ1) is 15.5. The van der Waals surface area contributed by atoms with Crippen LogP contribution in [0.1, 0.15) is 25.1 Å². The topological polar surface area (TPSA) is 71.5 Å². The van der Waals surface area contributed by atoms with Crippen molar-refractivity contribution < 1.29 is 14.6 Å². The summed E-state index contributed by atoms with van der Waals surface area (Å²) in [5, 5.41) is 14.9. The molecular weight excluding hydrogens is 288 g/mol.